The van der Waals surface area contributed by atoms with Gasteiger partial charge in [-0.1, -0.05) is 30.3 Å². The van der Waals surface area contributed by atoms with Crippen molar-refractivity contribution in [3.05, 3.63) is 81.5 Å². The lowest BCUT2D eigenvalue weighted by molar-refractivity contribution is -0.387. The highest BCUT2D eigenvalue weighted by Crippen LogP contribution is 2.39. The lowest BCUT2D eigenvalue weighted by Gasteiger charge is -2.15. The van der Waals surface area contributed by atoms with E-state index in [0.717, 1.165) is 16.1 Å². The van der Waals surface area contributed by atoms with Crippen LogP contribution < -0.4 is 0 Å². The Hall–Kier alpha value is -3.21. The van der Waals surface area contributed by atoms with Crippen molar-refractivity contribution in [1.29, 1.82) is 0 Å². The van der Waals surface area contributed by atoms with E-state index in [-0.39, 0.29) is 23.3 Å². The standard InChI is InChI=1S/C20H15ClN2O7S/c1-11-15(10-30-20(11)25)19(24)14-9-22(16-7-6-12(21)8-13(14)16)31(28,29)18-5-3-2-4-17(18)23(26)27/h2-9,15,19,24H,1,10H2. The van der Waals surface area contributed by atoms with Crippen molar-refractivity contribution in [1.82, 2.24) is 3.97 Å². The molecule has 2 heterocycles. The van der Waals surface area contributed by atoms with Gasteiger partial charge in [-0.05, 0) is 24.3 Å². The Labute approximate surface area is 181 Å². The Kier molecular flexibility index (Phi) is 5.08. The van der Waals surface area contributed by atoms with Gasteiger partial charge >= 0.3 is 5.97 Å². The minimum Gasteiger partial charge on any atom is -0.462 e. The van der Waals surface area contributed by atoms with Gasteiger partial charge in [-0.2, -0.15) is 0 Å². The Balaban J connectivity index is 1.94. The third kappa shape index (κ3) is 3.38. The summed E-state index contributed by atoms with van der Waals surface area (Å²) in [6.45, 7) is 3.53. The summed E-state index contributed by atoms with van der Waals surface area (Å²) in [4.78, 5) is 21.8. The molecule has 0 radical (unpaired) electrons. The number of esters is 1. The Morgan fingerprint density at radius 1 is 1.29 bits per heavy atom. The molecule has 0 saturated carbocycles. The lowest BCUT2D eigenvalue weighted by atomic mass is 9.92. The molecular formula is C20H15ClN2O7S. The molecule has 2 atom stereocenters. The number of benzene rings is 2. The largest absolute Gasteiger partial charge is 0.462 e. The number of ether oxygens (including phenoxy) is 1. The van der Waals surface area contributed by atoms with Crippen LogP contribution in [-0.2, 0) is 19.6 Å². The van der Waals surface area contributed by atoms with Crippen molar-refractivity contribution in [2.75, 3.05) is 6.61 Å². The number of fused-ring (bicyclic) bond motifs is 1. The van der Waals surface area contributed by atoms with E-state index in [9.17, 15) is 28.4 Å². The van der Waals surface area contributed by atoms with Crippen LogP contribution in [0.25, 0.3) is 10.9 Å². The van der Waals surface area contributed by atoms with E-state index in [1.165, 1.54) is 36.5 Å². The highest BCUT2D eigenvalue weighted by Gasteiger charge is 2.37. The fourth-order valence-corrected chi connectivity index (χ4v) is 5.28. The van der Waals surface area contributed by atoms with E-state index < -0.39 is 43.5 Å². The number of aliphatic hydroxyl groups excluding tert-OH is 1. The van der Waals surface area contributed by atoms with Gasteiger partial charge in [-0.15, -0.1) is 0 Å². The van der Waals surface area contributed by atoms with Crippen molar-refractivity contribution >= 4 is 44.2 Å². The number of hydrogen-bond donors (Lipinski definition) is 1. The number of para-hydroxylation sites is 1. The molecule has 9 nitrogen and oxygen atoms in total. The fraction of sp³-hybridized carbons (Fsp3) is 0.150. The van der Waals surface area contributed by atoms with Crippen molar-refractivity contribution in [2.45, 2.75) is 11.0 Å². The van der Waals surface area contributed by atoms with Gasteiger partial charge in [-0.3, -0.25) is 10.1 Å². The van der Waals surface area contributed by atoms with Crippen LogP contribution in [0.15, 0.2) is 65.7 Å². The molecule has 0 bridgehead atoms. The van der Waals surface area contributed by atoms with E-state index in [2.05, 4.69) is 6.58 Å². The van der Waals surface area contributed by atoms with Crippen LogP contribution in [-0.4, -0.2) is 35.0 Å². The first kappa shape index (κ1) is 21.0. The fourth-order valence-electron chi connectivity index (χ4n) is 3.57. The van der Waals surface area contributed by atoms with E-state index in [4.69, 9.17) is 16.3 Å². The number of hydrogen-bond acceptors (Lipinski definition) is 7. The van der Waals surface area contributed by atoms with Crippen molar-refractivity contribution in [3.8, 4) is 0 Å². The predicted octanol–water partition coefficient (Wildman–Crippen LogP) is 3.20. The summed E-state index contributed by atoms with van der Waals surface area (Å²) in [5.74, 6) is -1.42. The second-order valence-electron chi connectivity index (χ2n) is 6.95. The Bertz CT molecular complexity index is 1360. The highest BCUT2D eigenvalue weighted by molar-refractivity contribution is 7.90. The van der Waals surface area contributed by atoms with Crippen LogP contribution in [0.2, 0.25) is 5.02 Å². The van der Waals surface area contributed by atoms with Gasteiger partial charge < -0.3 is 9.84 Å². The minimum atomic E-state index is -4.41. The normalized spacial score (nSPS) is 17.7. The van der Waals surface area contributed by atoms with Crippen molar-refractivity contribution in [2.24, 2.45) is 5.92 Å². The Morgan fingerprint density at radius 2 is 2.00 bits per heavy atom. The molecule has 2 aromatic carbocycles. The second-order valence-corrected chi connectivity index (χ2v) is 9.17. The first-order chi connectivity index (χ1) is 14.6. The molecule has 1 fully saturated rings. The molecule has 1 aliphatic rings. The number of aliphatic hydroxyl groups is 1. The molecule has 3 aromatic rings. The summed E-state index contributed by atoms with van der Waals surface area (Å²) in [6.07, 6.45) is -0.143. The van der Waals surface area contributed by atoms with Gasteiger partial charge in [0.15, 0.2) is 4.90 Å². The summed E-state index contributed by atoms with van der Waals surface area (Å²) in [6, 6.07) is 9.35. The quantitative estimate of drug-likeness (QED) is 0.267. The molecule has 4 rings (SSSR count). The third-order valence-corrected chi connectivity index (χ3v) is 7.12. The van der Waals surface area contributed by atoms with Gasteiger partial charge in [0.25, 0.3) is 15.7 Å². The molecule has 1 N–H and O–H groups in total. The maximum absolute atomic E-state index is 13.4. The smallest absolute Gasteiger partial charge is 0.333 e. The van der Waals surface area contributed by atoms with Crippen molar-refractivity contribution < 1.29 is 28.0 Å². The van der Waals surface area contributed by atoms with Crippen LogP contribution in [0.5, 0.6) is 0 Å². The van der Waals surface area contributed by atoms with Crippen molar-refractivity contribution in [3.63, 3.8) is 0 Å². The van der Waals surface area contributed by atoms with E-state index in [1.54, 1.807) is 0 Å². The monoisotopic (exact) mass is 462 g/mol. The molecule has 160 valence electrons. The molecule has 2 unspecified atom stereocenters. The molecule has 1 aromatic heterocycles. The summed E-state index contributed by atoms with van der Waals surface area (Å²) in [7, 11) is -4.41. The van der Waals surface area contributed by atoms with Crippen LogP contribution in [0.4, 0.5) is 5.69 Å². The molecule has 11 heteroatoms. The van der Waals surface area contributed by atoms with E-state index >= 15 is 0 Å². The number of carbonyl (C=O) groups is 1. The molecule has 0 amide bonds. The van der Waals surface area contributed by atoms with Gasteiger partial charge in [0.2, 0.25) is 0 Å². The summed E-state index contributed by atoms with van der Waals surface area (Å²) < 4.78 is 32.5. The van der Waals surface area contributed by atoms with Gasteiger partial charge in [0, 0.05) is 33.8 Å². The summed E-state index contributed by atoms with van der Waals surface area (Å²) in [5, 5.41) is 22.9. The first-order valence-electron chi connectivity index (χ1n) is 8.96. The number of halogens is 1. The SMILES string of the molecule is C=C1C(=O)OCC1C(O)c1cn(S(=O)(=O)c2ccccc2[N+](=O)[O-])c2ccc(Cl)cc12. The van der Waals surface area contributed by atoms with Crippen LogP contribution in [0.1, 0.15) is 11.7 Å². The number of nitro groups is 1. The molecule has 0 spiro atoms. The average molecular weight is 463 g/mol. The number of carbonyl (C=O) groups excluding carboxylic acids is 1. The van der Waals surface area contributed by atoms with Gasteiger partial charge in [0.05, 0.1) is 22.5 Å². The van der Waals surface area contributed by atoms with Crippen LogP contribution in [0, 0.1) is 16.0 Å². The molecule has 31 heavy (non-hydrogen) atoms. The molecule has 1 saturated heterocycles. The second kappa shape index (κ2) is 7.49. The molecule has 1 aliphatic heterocycles. The Morgan fingerprint density at radius 3 is 2.65 bits per heavy atom. The predicted molar refractivity (Wildman–Crippen MR) is 111 cm³/mol. The van der Waals surface area contributed by atoms with Crippen LogP contribution in [0.3, 0.4) is 0 Å². The maximum atomic E-state index is 13.4. The maximum Gasteiger partial charge on any atom is 0.333 e. The zero-order chi connectivity index (χ0) is 22.5. The number of nitro benzene ring substituents is 1. The number of nitrogens with zero attached hydrogens (tertiary/aromatic N) is 2. The number of cyclic esters (lactones) is 1. The molecule has 0 aliphatic carbocycles. The zero-order valence-corrected chi connectivity index (χ0v) is 17.3. The van der Waals surface area contributed by atoms with Crippen LogP contribution >= 0.6 is 11.6 Å². The average Bonchev–Trinajstić information content (AvgIpc) is 3.28. The third-order valence-electron chi connectivity index (χ3n) is 5.17. The number of rotatable bonds is 5. The minimum absolute atomic E-state index is 0.0667. The first-order valence-corrected chi connectivity index (χ1v) is 10.8. The highest BCUT2D eigenvalue weighted by atomic mass is 35.5. The summed E-state index contributed by atoms with van der Waals surface area (Å²) >= 11 is 6.09. The van der Waals surface area contributed by atoms with E-state index in [0.29, 0.717) is 10.4 Å². The lowest BCUT2D eigenvalue weighted by Crippen LogP contribution is -2.15. The zero-order valence-electron chi connectivity index (χ0n) is 15.8. The van der Waals surface area contributed by atoms with E-state index in [1.807, 2.05) is 0 Å². The summed E-state index contributed by atoms with van der Waals surface area (Å²) in [5.41, 5.74) is -0.183. The molecular weight excluding hydrogens is 448 g/mol. The van der Waals surface area contributed by atoms with Gasteiger partial charge in [0.1, 0.15) is 6.61 Å². The topological polar surface area (TPSA) is 129 Å². The van der Waals surface area contributed by atoms with Gasteiger partial charge in [-0.25, -0.2) is 17.2 Å². The number of aromatic nitrogens is 1.